The molecule has 3 aromatic carbocycles. The molecule has 0 fully saturated rings. The zero-order chi connectivity index (χ0) is 27.0. The average molecular weight is 588 g/mol. The van der Waals surface area contributed by atoms with Crippen LogP contribution in [-0.4, -0.2) is 47.4 Å². The van der Waals surface area contributed by atoms with Gasteiger partial charge in [-0.15, -0.1) is 0 Å². The number of hydrogen-bond donors (Lipinski definition) is 1. The number of amides is 1. The minimum Gasteiger partial charge on any atom is -0.493 e. The number of nitrogens with one attached hydrogen (secondary N) is 1. The Morgan fingerprint density at radius 1 is 1.03 bits per heavy atom. The van der Waals surface area contributed by atoms with Gasteiger partial charge in [0.2, 0.25) is 5.91 Å². The van der Waals surface area contributed by atoms with E-state index in [1.54, 1.807) is 12.1 Å². The highest BCUT2D eigenvalue weighted by Crippen LogP contribution is 2.33. The summed E-state index contributed by atoms with van der Waals surface area (Å²) in [7, 11) is -1.55. The van der Waals surface area contributed by atoms with Crippen LogP contribution in [0.15, 0.2) is 65.6 Å². The molecule has 0 heterocycles. The predicted octanol–water partition coefficient (Wildman–Crippen LogP) is 5.39. The van der Waals surface area contributed by atoms with Crippen molar-refractivity contribution < 1.29 is 27.1 Å². The zero-order valence-corrected chi connectivity index (χ0v) is 23.2. The number of benzene rings is 3. The van der Waals surface area contributed by atoms with E-state index >= 15 is 0 Å². The second-order valence-corrected chi connectivity index (χ2v) is 11.4. The molecule has 0 aromatic heterocycles. The van der Waals surface area contributed by atoms with Crippen LogP contribution < -0.4 is 19.1 Å². The summed E-state index contributed by atoms with van der Waals surface area (Å²) in [6.45, 7) is -0.346. The number of halogens is 3. The summed E-state index contributed by atoms with van der Waals surface area (Å²) in [5.41, 5.74) is 0.660. The smallest absolute Gasteiger partial charge is 0.265 e. The summed E-state index contributed by atoms with van der Waals surface area (Å²) in [4.78, 5) is 12.6. The number of thioether (sulfide) groups is 1. The second-order valence-electron chi connectivity index (χ2n) is 7.62. The van der Waals surface area contributed by atoms with Crippen LogP contribution in [0.1, 0.15) is 5.56 Å². The molecule has 0 radical (unpaired) electrons. The maximum absolute atomic E-state index is 14.7. The van der Waals surface area contributed by atoms with E-state index in [1.165, 1.54) is 62.4 Å². The van der Waals surface area contributed by atoms with E-state index in [4.69, 9.17) is 32.7 Å². The molecule has 0 unspecified atom stereocenters. The Labute approximate surface area is 229 Å². The molecule has 0 aliphatic carbocycles. The van der Waals surface area contributed by atoms with E-state index in [2.05, 4.69) is 5.32 Å². The zero-order valence-electron chi connectivity index (χ0n) is 20.0. The molecule has 37 heavy (non-hydrogen) atoms. The molecule has 1 N–H and O–H groups in total. The van der Waals surface area contributed by atoms with Crippen molar-refractivity contribution in [2.45, 2.75) is 10.6 Å². The van der Waals surface area contributed by atoms with Crippen LogP contribution in [0, 0.1) is 5.82 Å². The van der Waals surface area contributed by atoms with Gasteiger partial charge in [0, 0.05) is 34.2 Å². The molecule has 0 saturated heterocycles. The van der Waals surface area contributed by atoms with Gasteiger partial charge in [0.1, 0.15) is 12.4 Å². The Morgan fingerprint density at radius 2 is 1.76 bits per heavy atom. The fraction of sp³-hybridized carbons (Fsp3) is 0.240. The summed E-state index contributed by atoms with van der Waals surface area (Å²) < 4.78 is 52.8. The molecule has 0 saturated carbocycles. The minimum atomic E-state index is -4.34. The third-order valence-corrected chi connectivity index (χ3v) is 8.54. The summed E-state index contributed by atoms with van der Waals surface area (Å²) in [6, 6.07) is 14.6. The van der Waals surface area contributed by atoms with E-state index in [-0.39, 0.29) is 22.9 Å². The van der Waals surface area contributed by atoms with Crippen LogP contribution >= 0.6 is 35.0 Å². The number of nitrogens with zero attached hydrogens (tertiary/aromatic N) is 1. The maximum atomic E-state index is 14.7. The fourth-order valence-corrected chi connectivity index (χ4v) is 6.19. The van der Waals surface area contributed by atoms with Gasteiger partial charge < -0.3 is 14.8 Å². The van der Waals surface area contributed by atoms with E-state index in [0.717, 1.165) is 15.9 Å². The van der Waals surface area contributed by atoms with Gasteiger partial charge in [-0.25, -0.2) is 12.8 Å². The molecule has 12 heteroatoms. The lowest BCUT2D eigenvalue weighted by Gasteiger charge is -2.25. The molecular weight excluding hydrogens is 562 g/mol. The topological polar surface area (TPSA) is 84.9 Å². The third-order valence-electron chi connectivity index (χ3n) is 5.19. The molecule has 0 spiro atoms. The van der Waals surface area contributed by atoms with Crippen molar-refractivity contribution in [3.05, 3.63) is 82.1 Å². The van der Waals surface area contributed by atoms with Gasteiger partial charge >= 0.3 is 0 Å². The first-order valence-corrected chi connectivity index (χ1v) is 14.3. The van der Waals surface area contributed by atoms with Crippen LogP contribution in [0.4, 0.5) is 10.1 Å². The highest BCUT2D eigenvalue weighted by molar-refractivity contribution is 7.98. The van der Waals surface area contributed by atoms with E-state index in [9.17, 15) is 17.6 Å². The second kappa shape index (κ2) is 13.2. The largest absolute Gasteiger partial charge is 0.493 e. The number of ether oxygens (including phenoxy) is 2. The van der Waals surface area contributed by atoms with Crippen molar-refractivity contribution in [3.63, 3.8) is 0 Å². The standard InChI is InChI=1S/C25H25Cl2FN2O5S2/c1-34-23-10-9-19(14-24(23)35-2)37(32,33)30(22-6-4-3-5-21(22)28)15-25(31)29-11-12-36-16-17-7-8-18(26)13-20(17)27/h3-10,13-14H,11-12,15-16H2,1-2H3,(H,29,31). The van der Waals surface area contributed by atoms with E-state index in [1.807, 2.05) is 6.07 Å². The number of hydrogen-bond acceptors (Lipinski definition) is 6. The molecular formula is C25H25Cl2FN2O5S2. The number of carbonyl (C=O) groups excluding carboxylic acids is 1. The summed E-state index contributed by atoms with van der Waals surface area (Å²) in [5, 5.41) is 3.80. The maximum Gasteiger partial charge on any atom is 0.265 e. The number of carbonyl (C=O) groups is 1. The Hall–Kier alpha value is -2.66. The quantitative estimate of drug-likeness (QED) is 0.286. The Morgan fingerprint density at radius 3 is 2.43 bits per heavy atom. The van der Waals surface area contributed by atoms with Crippen LogP contribution in [-0.2, 0) is 20.6 Å². The highest BCUT2D eigenvalue weighted by Gasteiger charge is 2.30. The third kappa shape index (κ3) is 7.44. The SMILES string of the molecule is COc1ccc(S(=O)(=O)N(CC(=O)NCCSCc2ccc(Cl)cc2Cl)c2ccccc2F)cc1OC. The monoisotopic (exact) mass is 586 g/mol. The Kier molecular flexibility index (Phi) is 10.3. The van der Waals surface area contributed by atoms with E-state index < -0.39 is 28.3 Å². The molecule has 1 amide bonds. The van der Waals surface area contributed by atoms with Gasteiger partial charge in [-0.2, -0.15) is 11.8 Å². The molecule has 7 nitrogen and oxygen atoms in total. The normalized spacial score (nSPS) is 11.2. The summed E-state index contributed by atoms with van der Waals surface area (Å²) in [6.07, 6.45) is 0. The van der Waals surface area contributed by atoms with Crippen LogP contribution in [0.2, 0.25) is 10.0 Å². The minimum absolute atomic E-state index is 0.180. The van der Waals surface area contributed by atoms with E-state index in [0.29, 0.717) is 27.3 Å². The average Bonchev–Trinajstić information content (AvgIpc) is 2.88. The molecule has 198 valence electrons. The first-order chi connectivity index (χ1) is 17.7. The lowest BCUT2D eigenvalue weighted by molar-refractivity contribution is -0.119. The lowest BCUT2D eigenvalue weighted by Crippen LogP contribution is -2.41. The summed E-state index contributed by atoms with van der Waals surface area (Å²) in [5.74, 6) is 0.300. The van der Waals surface area contributed by atoms with Crippen LogP contribution in [0.25, 0.3) is 0 Å². The Bertz CT molecular complexity index is 1360. The number of methoxy groups -OCH3 is 2. The number of para-hydroxylation sites is 1. The first kappa shape index (κ1) is 28.9. The van der Waals surface area contributed by atoms with Gasteiger partial charge in [-0.3, -0.25) is 9.10 Å². The molecule has 3 rings (SSSR count). The van der Waals surface area contributed by atoms with Gasteiger partial charge in [0.05, 0.1) is 24.8 Å². The summed E-state index contributed by atoms with van der Waals surface area (Å²) >= 11 is 13.6. The van der Waals surface area contributed by atoms with Gasteiger partial charge in [0.25, 0.3) is 10.0 Å². The molecule has 0 bridgehead atoms. The van der Waals surface area contributed by atoms with Crippen molar-refractivity contribution in [1.29, 1.82) is 0 Å². The molecule has 0 atom stereocenters. The van der Waals surface area contributed by atoms with Crippen molar-refractivity contribution >= 4 is 56.6 Å². The number of anilines is 1. The van der Waals surface area contributed by atoms with Gasteiger partial charge in [-0.05, 0) is 42.0 Å². The molecule has 3 aromatic rings. The predicted molar refractivity (Wildman–Crippen MR) is 146 cm³/mol. The van der Waals surface area contributed by atoms with Gasteiger partial charge in [0.15, 0.2) is 11.5 Å². The molecule has 0 aliphatic heterocycles. The first-order valence-electron chi connectivity index (χ1n) is 10.9. The fourth-order valence-electron chi connectivity index (χ4n) is 3.33. The van der Waals surface area contributed by atoms with Crippen LogP contribution in [0.3, 0.4) is 0 Å². The van der Waals surface area contributed by atoms with Crippen molar-refractivity contribution in [2.75, 3.05) is 37.4 Å². The van der Waals surface area contributed by atoms with Crippen molar-refractivity contribution in [1.82, 2.24) is 5.32 Å². The van der Waals surface area contributed by atoms with Gasteiger partial charge in [-0.1, -0.05) is 41.4 Å². The highest BCUT2D eigenvalue weighted by atomic mass is 35.5. The van der Waals surface area contributed by atoms with Crippen LogP contribution in [0.5, 0.6) is 11.5 Å². The number of rotatable bonds is 12. The molecule has 0 aliphatic rings. The number of sulfonamides is 1. The van der Waals surface area contributed by atoms with Crippen molar-refractivity contribution in [3.8, 4) is 11.5 Å². The Balaban J connectivity index is 1.72. The lowest BCUT2D eigenvalue weighted by atomic mass is 10.2. The van der Waals surface area contributed by atoms with Crippen molar-refractivity contribution in [2.24, 2.45) is 0 Å².